The maximum atomic E-state index is 11.4. The van der Waals surface area contributed by atoms with Crippen molar-refractivity contribution in [3.05, 3.63) is 47.1 Å². The zero-order chi connectivity index (χ0) is 14.6. The van der Waals surface area contributed by atoms with E-state index in [0.717, 1.165) is 15.8 Å². The van der Waals surface area contributed by atoms with Gasteiger partial charge in [0.2, 0.25) is 10.0 Å². The van der Waals surface area contributed by atoms with Crippen LogP contribution in [0.25, 0.3) is 0 Å². The fraction of sp³-hybridized carbons (Fsp3) is 0.154. The van der Waals surface area contributed by atoms with E-state index in [0.29, 0.717) is 5.82 Å². The molecule has 2 rings (SSSR count). The molecule has 1 aromatic carbocycles. The monoisotopic (exact) mass is 355 g/mol. The Morgan fingerprint density at radius 1 is 1.20 bits per heavy atom. The van der Waals surface area contributed by atoms with Gasteiger partial charge in [-0.2, -0.15) is 0 Å². The molecule has 0 unspecified atom stereocenters. The van der Waals surface area contributed by atoms with Gasteiger partial charge in [0.05, 0.1) is 23.3 Å². The molecular formula is C13H14BrN3O2S. The van der Waals surface area contributed by atoms with E-state index in [2.05, 4.69) is 31.0 Å². The third-order valence-corrected chi connectivity index (χ3v) is 4.53. The van der Waals surface area contributed by atoms with Gasteiger partial charge in [-0.1, -0.05) is 12.1 Å². The van der Waals surface area contributed by atoms with Gasteiger partial charge in [0.1, 0.15) is 5.82 Å². The maximum Gasteiger partial charge on any atom is 0.233 e. The van der Waals surface area contributed by atoms with E-state index in [1.165, 1.54) is 0 Å². The summed E-state index contributed by atoms with van der Waals surface area (Å²) < 4.78 is 26.2. The van der Waals surface area contributed by atoms with E-state index in [1.807, 2.05) is 24.3 Å². The van der Waals surface area contributed by atoms with Gasteiger partial charge in [-0.3, -0.25) is 4.72 Å². The van der Waals surface area contributed by atoms with Gasteiger partial charge >= 0.3 is 0 Å². The maximum absolute atomic E-state index is 11.4. The zero-order valence-corrected chi connectivity index (χ0v) is 13.2. The Hall–Kier alpha value is -1.60. The quantitative estimate of drug-likeness (QED) is 0.862. The summed E-state index contributed by atoms with van der Waals surface area (Å²) in [5.74, 6) is 0.329. The predicted octanol–water partition coefficient (Wildman–Crippen LogP) is 3.35. The van der Waals surface area contributed by atoms with E-state index in [9.17, 15) is 8.42 Å². The van der Waals surface area contributed by atoms with Crippen molar-refractivity contribution in [1.29, 1.82) is 0 Å². The molecule has 0 aliphatic carbocycles. The first-order valence-electron chi connectivity index (χ1n) is 5.98. The Labute approximate surface area is 126 Å². The lowest BCUT2D eigenvalue weighted by Gasteiger charge is -2.09. The number of nitrogens with zero attached hydrogens (tertiary/aromatic N) is 1. The summed E-state index contributed by atoms with van der Waals surface area (Å²) in [4.78, 5) is 4.07. The number of nitrogens with one attached hydrogen (secondary N) is 2. The lowest BCUT2D eigenvalue weighted by atomic mass is 10.3. The van der Waals surface area contributed by atoms with Crippen LogP contribution in [0.1, 0.15) is 6.92 Å². The van der Waals surface area contributed by atoms with Gasteiger partial charge in [0, 0.05) is 4.47 Å². The molecule has 0 aliphatic heterocycles. The summed E-state index contributed by atoms with van der Waals surface area (Å²) in [5.41, 5.74) is 1.69. The van der Waals surface area contributed by atoms with E-state index in [-0.39, 0.29) is 5.75 Å². The van der Waals surface area contributed by atoms with Crippen LogP contribution in [-0.4, -0.2) is 19.2 Å². The fourth-order valence-corrected chi connectivity index (χ4v) is 2.45. The molecule has 0 radical (unpaired) electrons. The van der Waals surface area contributed by atoms with Crippen molar-refractivity contribution in [2.75, 3.05) is 15.8 Å². The van der Waals surface area contributed by atoms with Crippen LogP contribution >= 0.6 is 15.9 Å². The standard InChI is InChI=1S/C13H14BrN3O2S/c1-2-20(18,19)17-13-8-7-10(9-15-13)16-12-6-4-3-5-11(12)14/h3-9,16H,2H2,1H3,(H,15,17). The molecule has 20 heavy (non-hydrogen) atoms. The molecule has 1 aromatic heterocycles. The van der Waals surface area contributed by atoms with E-state index < -0.39 is 10.0 Å². The normalized spacial score (nSPS) is 11.1. The highest BCUT2D eigenvalue weighted by Crippen LogP contribution is 2.25. The summed E-state index contributed by atoms with van der Waals surface area (Å²) in [5, 5.41) is 3.19. The molecule has 106 valence electrons. The minimum absolute atomic E-state index is 0.0195. The molecule has 0 amide bonds. The van der Waals surface area contributed by atoms with E-state index in [4.69, 9.17) is 0 Å². The number of aromatic nitrogens is 1. The van der Waals surface area contributed by atoms with Crippen LogP contribution in [0.4, 0.5) is 17.2 Å². The number of anilines is 3. The third-order valence-electron chi connectivity index (χ3n) is 2.56. The SMILES string of the molecule is CCS(=O)(=O)Nc1ccc(Nc2ccccc2Br)cn1. The van der Waals surface area contributed by atoms with Crippen LogP contribution < -0.4 is 10.0 Å². The number of halogens is 1. The Morgan fingerprint density at radius 3 is 2.55 bits per heavy atom. The molecule has 0 saturated carbocycles. The number of pyridine rings is 1. The Bertz CT molecular complexity index is 687. The number of benzene rings is 1. The molecule has 0 bridgehead atoms. The number of sulfonamides is 1. The molecule has 0 fully saturated rings. The Kier molecular flexibility index (Phi) is 4.61. The summed E-state index contributed by atoms with van der Waals surface area (Å²) in [6.45, 7) is 1.57. The summed E-state index contributed by atoms with van der Waals surface area (Å²) in [7, 11) is -3.29. The average molecular weight is 356 g/mol. The van der Waals surface area contributed by atoms with Gasteiger partial charge in [0.15, 0.2) is 0 Å². The van der Waals surface area contributed by atoms with Crippen molar-refractivity contribution in [2.24, 2.45) is 0 Å². The highest BCUT2D eigenvalue weighted by atomic mass is 79.9. The van der Waals surface area contributed by atoms with E-state index in [1.54, 1.807) is 25.3 Å². The van der Waals surface area contributed by atoms with Gasteiger partial charge in [-0.05, 0) is 47.1 Å². The predicted molar refractivity (Wildman–Crippen MR) is 84.7 cm³/mol. The third kappa shape index (κ3) is 3.94. The fourth-order valence-electron chi connectivity index (χ4n) is 1.48. The molecule has 1 heterocycles. The van der Waals surface area contributed by atoms with Crippen LogP contribution in [0.5, 0.6) is 0 Å². The lowest BCUT2D eigenvalue weighted by Crippen LogP contribution is -2.15. The number of rotatable bonds is 5. The van der Waals surface area contributed by atoms with Crippen molar-refractivity contribution >= 4 is 43.1 Å². The number of hydrogen-bond acceptors (Lipinski definition) is 4. The Balaban J connectivity index is 2.11. The second kappa shape index (κ2) is 6.23. The van der Waals surface area contributed by atoms with Crippen LogP contribution in [0.15, 0.2) is 47.1 Å². The molecule has 0 atom stereocenters. The summed E-state index contributed by atoms with van der Waals surface area (Å²) in [6.07, 6.45) is 1.58. The molecule has 5 nitrogen and oxygen atoms in total. The number of para-hydroxylation sites is 1. The van der Waals surface area contributed by atoms with E-state index >= 15 is 0 Å². The van der Waals surface area contributed by atoms with Crippen molar-refractivity contribution in [2.45, 2.75) is 6.92 Å². The molecule has 7 heteroatoms. The lowest BCUT2D eigenvalue weighted by molar-refractivity contribution is 0.602. The first-order valence-corrected chi connectivity index (χ1v) is 8.43. The topological polar surface area (TPSA) is 71.1 Å². The van der Waals surface area contributed by atoms with Crippen LogP contribution in [0.3, 0.4) is 0 Å². The first-order chi connectivity index (χ1) is 9.50. The summed E-state index contributed by atoms with van der Waals surface area (Å²) >= 11 is 3.44. The summed E-state index contributed by atoms with van der Waals surface area (Å²) in [6, 6.07) is 11.1. The van der Waals surface area contributed by atoms with Crippen molar-refractivity contribution in [1.82, 2.24) is 4.98 Å². The highest BCUT2D eigenvalue weighted by Gasteiger charge is 2.07. The second-order valence-electron chi connectivity index (χ2n) is 4.04. The average Bonchev–Trinajstić information content (AvgIpc) is 2.43. The van der Waals surface area contributed by atoms with Crippen molar-refractivity contribution in [3.8, 4) is 0 Å². The second-order valence-corrected chi connectivity index (χ2v) is 6.91. The van der Waals surface area contributed by atoms with Crippen LogP contribution in [-0.2, 0) is 10.0 Å². The number of hydrogen-bond donors (Lipinski definition) is 2. The van der Waals surface area contributed by atoms with Crippen LogP contribution in [0.2, 0.25) is 0 Å². The molecule has 2 aromatic rings. The largest absolute Gasteiger partial charge is 0.353 e. The zero-order valence-electron chi connectivity index (χ0n) is 10.8. The Morgan fingerprint density at radius 2 is 1.95 bits per heavy atom. The van der Waals surface area contributed by atoms with Crippen molar-refractivity contribution in [3.63, 3.8) is 0 Å². The van der Waals surface area contributed by atoms with Gasteiger partial charge < -0.3 is 5.32 Å². The van der Waals surface area contributed by atoms with Gasteiger partial charge in [0.25, 0.3) is 0 Å². The minimum atomic E-state index is -3.29. The molecular weight excluding hydrogens is 342 g/mol. The first kappa shape index (κ1) is 14.8. The van der Waals surface area contributed by atoms with Crippen molar-refractivity contribution < 1.29 is 8.42 Å². The molecule has 2 N–H and O–H groups in total. The van der Waals surface area contributed by atoms with Crippen LogP contribution in [0, 0.1) is 0 Å². The molecule has 0 spiro atoms. The van der Waals surface area contributed by atoms with Gasteiger partial charge in [-0.15, -0.1) is 0 Å². The van der Waals surface area contributed by atoms with Gasteiger partial charge in [-0.25, -0.2) is 13.4 Å². The highest BCUT2D eigenvalue weighted by molar-refractivity contribution is 9.10. The molecule has 0 aliphatic rings. The molecule has 0 saturated heterocycles. The smallest absolute Gasteiger partial charge is 0.233 e. The minimum Gasteiger partial charge on any atom is -0.353 e.